The number of nitrogens with two attached hydrogens (primary N) is 2. The second-order valence-electron chi connectivity index (χ2n) is 7.88. The first-order valence-electron chi connectivity index (χ1n) is 11.0. The number of thiol groups is 1. The van der Waals surface area contributed by atoms with Crippen molar-refractivity contribution in [3.8, 4) is 0 Å². The zero-order valence-electron chi connectivity index (χ0n) is 19.2. The van der Waals surface area contributed by atoms with E-state index in [1.54, 1.807) is 12.1 Å². The summed E-state index contributed by atoms with van der Waals surface area (Å²) in [6, 6.07) is 4.03. The van der Waals surface area contributed by atoms with Gasteiger partial charge >= 0.3 is 11.9 Å². The molecule has 1 aromatic rings. The predicted molar refractivity (Wildman–Crippen MR) is 131 cm³/mol. The summed E-state index contributed by atoms with van der Waals surface area (Å²) in [7, 11) is 0. The summed E-state index contributed by atoms with van der Waals surface area (Å²) in [6.45, 7) is 0.361. The number of rotatable bonds is 16. The van der Waals surface area contributed by atoms with Crippen molar-refractivity contribution in [3.63, 3.8) is 0 Å². The lowest BCUT2D eigenvalue weighted by atomic mass is 10.0. The van der Waals surface area contributed by atoms with E-state index in [1.807, 2.05) is 18.2 Å². The maximum atomic E-state index is 12.9. The first kappa shape index (κ1) is 29.9. The highest BCUT2D eigenvalue weighted by Crippen LogP contribution is 2.06. The molecule has 4 unspecified atom stereocenters. The number of amides is 3. The van der Waals surface area contributed by atoms with E-state index in [-0.39, 0.29) is 18.6 Å². The fraction of sp³-hybridized carbons (Fsp3) is 0.500. The standard InChI is InChI=1S/C22H33N5O7S/c23-9-5-4-8-15(25-19(30)14(24)10-13-6-2-1-3-7-13)20(31)26-16(11-18(28)29)21(32)27-17(12-35)22(33)34/h1-3,6-7,14-17,35H,4-5,8-12,23-24H2,(H,25,30)(H,26,31)(H,27,32)(H,28,29)(H,33,34). The molecule has 0 aliphatic rings. The van der Waals surface area contributed by atoms with E-state index < -0.39 is 60.2 Å². The molecule has 35 heavy (non-hydrogen) atoms. The molecule has 1 aromatic carbocycles. The molecule has 0 saturated heterocycles. The van der Waals surface area contributed by atoms with Gasteiger partial charge in [0.1, 0.15) is 18.1 Å². The average Bonchev–Trinajstić information content (AvgIpc) is 2.81. The van der Waals surface area contributed by atoms with Gasteiger partial charge < -0.3 is 37.6 Å². The van der Waals surface area contributed by atoms with Crippen LogP contribution in [0.2, 0.25) is 0 Å². The Balaban J connectivity index is 2.94. The Labute approximate surface area is 208 Å². The molecule has 194 valence electrons. The number of aliphatic carboxylic acids is 2. The highest BCUT2D eigenvalue weighted by molar-refractivity contribution is 7.80. The molecule has 3 amide bonds. The summed E-state index contributed by atoms with van der Waals surface area (Å²) in [5.41, 5.74) is 12.3. The lowest BCUT2D eigenvalue weighted by Crippen LogP contribution is -2.57. The molecule has 13 heteroatoms. The van der Waals surface area contributed by atoms with Crippen molar-refractivity contribution in [1.29, 1.82) is 0 Å². The maximum Gasteiger partial charge on any atom is 0.327 e. The van der Waals surface area contributed by atoms with Crippen LogP contribution in [0.4, 0.5) is 0 Å². The number of carboxylic acid groups (broad SMARTS) is 2. The smallest absolute Gasteiger partial charge is 0.327 e. The normalized spacial score (nSPS) is 14.1. The van der Waals surface area contributed by atoms with Gasteiger partial charge in [-0.3, -0.25) is 19.2 Å². The van der Waals surface area contributed by atoms with E-state index in [2.05, 4.69) is 28.6 Å². The maximum absolute atomic E-state index is 12.9. The van der Waals surface area contributed by atoms with Crippen molar-refractivity contribution in [1.82, 2.24) is 16.0 Å². The number of carboxylic acids is 2. The number of benzene rings is 1. The van der Waals surface area contributed by atoms with Gasteiger partial charge in [-0.25, -0.2) is 4.79 Å². The largest absolute Gasteiger partial charge is 0.481 e. The van der Waals surface area contributed by atoms with Crippen LogP contribution in [0.15, 0.2) is 30.3 Å². The Morgan fingerprint density at radius 1 is 0.857 bits per heavy atom. The monoisotopic (exact) mass is 511 g/mol. The fourth-order valence-electron chi connectivity index (χ4n) is 3.12. The topological polar surface area (TPSA) is 214 Å². The molecule has 0 fully saturated rings. The minimum Gasteiger partial charge on any atom is -0.481 e. The summed E-state index contributed by atoms with van der Waals surface area (Å²) in [4.78, 5) is 60.5. The van der Waals surface area contributed by atoms with E-state index in [0.29, 0.717) is 19.4 Å². The van der Waals surface area contributed by atoms with Gasteiger partial charge in [-0.2, -0.15) is 12.6 Å². The van der Waals surface area contributed by atoms with E-state index in [4.69, 9.17) is 21.7 Å². The van der Waals surface area contributed by atoms with Crippen molar-refractivity contribution in [3.05, 3.63) is 35.9 Å². The minimum atomic E-state index is -1.58. The Morgan fingerprint density at radius 2 is 1.43 bits per heavy atom. The second kappa shape index (κ2) is 15.7. The van der Waals surface area contributed by atoms with Crippen LogP contribution in [0.3, 0.4) is 0 Å². The molecule has 9 N–H and O–H groups in total. The highest BCUT2D eigenvalue weighted by atomic mass is 32.1. The van der Waals surface area contributed by atoms with Crippen LogP contribution in [0, 0.1) is 0 Å². The number of carbonyl (C=O) groups excluding carboxylic acids is 3. The van der Waals surface area contributed by atoms with E-state index in [1.165, 1.54) is 0 Å². The molecule has 0 aliphatic heterocycles. The number of hydrogen-bond donors (Lipinski definition) is 8. The summed E-state index contributed by atoms with van der Waals surface area (Å²) in [6.07, 6.45) is 0.639. The van der Waals surface area contributed by atoms with Crippen LogP contribution >= 0.6 is 12.6 Å². The van der Waals surface area contributed by atoms with Crippen LogP contribution in [0.1, 0.15) is 31.2 Å². The third-order valence-electron chi connectivity index (χ3n) is 5.02. The van der Waals surface area contributed by atoms with Crippen LogP contribution in [-0.4, -0.2) is 76.3 Å². The van der Waals surface area contributed by atoms with Crippen molar-refractivity contribution in [2.24, 2.45) is 11.5 Å². The number of nitrogens with one attached hydrogen (secondary N) is 3. The van der Waals surface area contributed by atoms with Crippen LogP contribution < -0.4 is 27.4 Å². The van der Waals surface area contributed by atoms with Crippen molar-refractivity contribution >= 4 is 42.3 Å². The molecule has 1 rings (SSSR count). The molecule has 0 heterocycles. The Bertz CT molecular complexity index is 871. The molecule has 0 saturated carbocycles. The summed E-state index contributed by atoms with van der Waals surface area (Å²) in [5.74, 6) is -5.41. The van der Waals surface area contributed by atoms with E-state index in [0.717, 1.165) is 5.56 Å². The van der Waals surface area contributed by atoms with Gasteiger partial charge in [-0.1, -0.05) is 30.3 Å². The molecule has 0 radical (unpaired) electrons. The second-order valence-corrected chi connectivity index (χ2v) is 8.25. The number of hydrogen-bond acceptors (Lipinski definition) is 8. The van der Waals surface area contributed by atoms with Gasteiger partial charge in [0.25, 0.3) is 0 Å². The van der Waals surface area contributed by atoms with Crippen LogP contribution in [-0.2, 0) is 30.4 Å². The molecule has 0 spiro atoms. The summed E-state index contributed by atoms with van der Waals surface area (Å²) < 4.78 is 0. The van der Waals surface area contributed by atoms with Gasteiger partial charge in [-0.05, 0) is 37.8 Å². The number of unbranched alkanes of at least 4 members (excludes halogenated alkanes) is 1. The highest BCUT2D eigenvalue weighted by Gasteiger charge is 2.31. The molecule has 12 nitrogen and oxygen atoms in total. The summed E-state index contributed by atoms with van der Waals surface area (Å²) in [5, 5.41) is 25.2. The summed E-state index contributed by atoms with van der Waals surface area (Å²) >= 11 is 3.84. The molecule has 0 bridgehead atoms. The first-order valence-corrected chi connectivity index (χ1v) is 11.7. The Morgan fingerprint density at radius 3 is 1.97 bits per heavy atom. The van der Waals surface area contributed by atoms with Crippen molar-refractivity contribution in [2.45, 2.75) is 56.3 Å². The minimum absolute atomic E-state index is 0.169. The van der Waals surface area contributed by atoms with Gasteiger partial charge in [0.05, 0.1) is 12.5 Å². The molecular weight excluding hydrogens is 478 g/mol. The zero-order valence-corrected chi connectivity index (χ0v) is 20.1. The molecule has 0 aliphatic carbocycles. The lowest BCUT2D eigenvalue weighted by molar-refractivity contribution is -0.143. The lowest BCUT2D eigenvalue weighted by Gasteiger charge is -2.24. The quantitative estimate of drug-likeness (QED) is 0.0969. The zero-order chi connectivity index (χ0) is 26.4. The van der Waals surface area contributed by atoms with E-state index >= 15 is 0 Å². The predicted octanol–water partition coefficient (Wildman–Crippen LogP) is -1.37. The van der Waals surface area contributed by atoms with Gasteiger partial charge in [0.15, 0.2) is 0 Å². The molecule has 0 aromatic heterocycles. The van der Waals surface area contributed by atoms with Crippen molar-refractivity contribution < 1.29 is 34.2 Å². The third kappa shape index (κ3) is 11.2. The van der Waals surface area contributed by atoms with Crippen molar-refractivity contribution in [2.75, 3.05) is 12.3 Å². The Hall–Kier alpha value is -3.16. The van der Waals surface area contributed by atoms with Gasteiger partial charge in [0.2, 0.25) is 17.7 Å². The van der Waals surface area contributed by atoms with Gasteiger partial charge in [0, 0.05) is 5.75 Å². The fourth-order valence-corrected chi connectivity index (χ4v) is 3.36. The molecule has 4 atom stereocenters. The average molecular weight is 512 g/mol. The molecular formula is C22H33N5O7S. The van der Waals surface area contributed by atoms with Crippen LogP contribution in [0.25, 0.3) is 0 Å². The SMILES string of the molecule is NCCCCC(NC(=O)C(N)Cc1ccccc1)C(=O)NC(CC(=O)O)C(=O)NC(CS)C(=O)O. The van der Waals surface area contributed by atoms with Gasteiger partial charge in [-0.15, -0.1) is 0 Å². The first-order chi connectivity index (χ1) is 16.6. The Kier molecular flexibility index (Phi) is 13.4. The third-order valence-corrected chi connectivity index (χ3v) is 5.39. The van der Waals surface area contributed by atoms with Crippen LogP contribution in [0.5, 0.6) is 0 Å². The number of carbonyl (C=O) groups is 5. The van der Waals surface area contributed by atoms with E-state index in [9.17, 15) is 24.0 Å².